The van der Waals surface area contributed by atoms with Gasteiger partial charge in [-0.15, -0.1) is 0 Å². The number of phenolic OH excluding ortho intramolecular Hbond substituents is 1. The number of hydrogen-bond acceptors (Lipinski definition) is 5. The van der Waals surface area contributed by atoms with Crippen LogP contribution in [0.3, 0.4) is 0 Å². The Morgan fingerprint density at radius 1 is 1.15 bits per heavy atom. The third-order valence-electron chi connectivity index (χ3n) is 3.98. The number of amides is 4. The number of aromatic hydroxyl groups is 1. The number of carbonyl (C=O) groups excluding carboxylic acids is 3. The van der Waals surface area contributed by atoms with Gasteiger partial charge in [0.05, 0.1) is 12.8 Å². The number of carbonyl (C=O) groups is 3. The minimum Gasteiger partial charge on any atom is -0.504 e. The van der Waals surface area contributed by atoms with Crippen molar-refractivity contribution in [3.8, 4) is 11.5 Å². The minimum atomic E-state index is -0.841. The molecule has 0 aliphatic carbocycles. The van der Waals surface area contributed by atoms with Crippen LogP contribution < -0.4 is 15.0 Å². The van der Waals surface area contributed by atoms with Crippen molar-refractivity contribution in [3.63, 3.8) is 0 Å². The van der Waals surface area contributed by atoms with Gasteiger partial charge in [0.15, 0.2) is 11.5 Å². The van der Waals surface area contributed by atoms with Gasteiger partial charge in [-0.05, 0) is 37.3 Å². The number of benzene rings is 2. The summed E-state index contributed by atoms with van der Waals surface area (Å²) in [6.45, 7) is 1.88. The molecule has 1 saturated heterocycles. The van der Waals surface area contributed by atoms with E-state index in [1.807, 2.05) is 6.92 Å². The quantitative estimate of drug-likeness (QED) is 0.575. The Kier molecular flexibility index (Phi) is 5.00. The molecule has 2 aromatic rings. The first-order valence-corrected chi connectivity index (χ1v) is 8.65. The van der Waals surface area contributed by atoms with Gasteiger partial charge < -0.3 is 9.84 Å². The summed E-state index contributed by atoms with van der Waals surface area (Å²) in [5.74, 6) is -1.68. The third kappa shape index (κ3) is 3.56. The topological polar surface area (TPSA) is 95.9 Å². The summed E-state index contributed by atoms with van der Waals surface area (Å²) in [6.07, 6.45) is 1.22. The molecule has 138 valence electrons. The van der Waals surface area contributed by atoms with Gasteiger partial charge in [-0.3, -0.25) is 14.9 Å². The molecule has 0 saturated carbocycles. The predicted octanol–water partition coefficient (Wildman–Crippen LogP) is 3.14. The van der Waals surface area contributed by atoms with E-state index in [0.717, 1.165) is 10.5 Å². The van der Waals surface area contributed by atoms with Crippen LogP contribution in [0.2, 0.25) is 0 Å². The highest BCUT2D eigenvalue weighted by Gasteiger charge is 2.37. The Labute approximate surface area is 163 Å². The Morgan fingerprint density at radius 2 is 1.81 bits per heavy atom. The average Bonchev–Trinajstić information content (AvgIpc) is 2.62. The van der Waals surface area contributed by atoms with E-state index in [-0.39, 0.29) is 22.6 Å². The number of phenols is 1. The molecule has 1 fully saturated rings. The molecular formula is C19H15BrN2O5. The molecule has 0 aromatic heterocycles. The highest BCUT2D eigenvalue weighted by Crippen LogP contribution is 2.35. The van der Waals surface area contributed by atoms with Crippen LogP contribution in [-0.4, -0.2) is 30.1 Å². The van der Waals surface area contributed by atoms with Gasteiger partial charge >= 0.3 is 6.03 Å². The molecule has 2 aromatic carbocycles. The lowest BCUT2D eigenvalue weighted by molar-refractivity contribution is -0.122. The monoisotopic (exact) mass is 430 g/mol. The minimum absolute atomic E-state index is 0.173. The van der Waals surface area contributed by atoms with Gasteiger partial charge in [0, 0.05) is 10.0 Å². The zero-order valence-corrected chi connectivity index (χ0v) is 16.0. The number of urea groups is 1. The fraction of sp³-hybridized carbons (Fsp3) is 0.105. The van der Waals surface area contributed by atoms with E-state index < -0.39 is 17.8 Å². The summed E-state index contributed by atoms with van der Waals surface area (Å²) >= 11 is 3.28. The van der Waals surface area contributed by atoms with Crippen molar-refractivity contribution in [1.29, 1.82) is 0 Å². The van der Waals surface area contributed by atoms with Gasteiger partial charge in [-0.1, -0.05) is 33.6 Å². The van der Waals surface area contributed by atoms with Crippen LogP contribution in [0.25, 0.3) is 6.08 Å². The van der Waals surface area contributed by atoms with E-state index in [4.69, 9.17) is 4.74 Å². The molecule has 2 N–H and O–H groups in total. The highest BCUT2D eigenvalue weighted by molar-refractivity contribution is 9.10. The SMILES string of the molecule is COc1cc(Br)cc(/C=C2\C(=O)NC(=O)N(c3ccc(C)cc3)C2=O)c1O. The second kappa shape index (κ2) is 7.24. The molecule has 0 atom stereocenters. The van der Waals surface area contributed by atoms with E-state index in [1.165, 1.54) is 19.3 Å². The largest absolute Gasteiger partial charge is 0.504 e. The average molecular weight is 431 g/mol. The smallest absolute Gasteiger partial charge is 0.335 e. The van der Waals surface area contributed by atoms with Gasteiger partial charge in [-0.2, -0.15) is 0 Å². The summed E-state index contributed by atoms with van der Waals surface area (Å²) in [6, 6.07) is 8.96. The lowest BCUT2D eigenvalue weighted by Crippen LogP contribution is -2.54. The maximum absolute atomic E-state index is 12.8. The molecule has 0 unspecified atom stereocenters. The van der Waals surface area contributed by atoms with E-state index in [0.29, 0.717) is 10.2 Å². The van der Waals surface area contributed by atoms with Crippen LogP contribution in [0.5, 0.6) is 11.5 Å². The number of barbiturate groups is 1. The number of aryl methyl sites for hydroxylation is 1. The zero-order valence-electron chi connectivity index (χ0n) is 14.4. The van der Waals surface area contributed by atoms with Gasteiger partial charge in [-0.25, -0.2) is 9.69 Å². The summed E-state index contributed by atoms with van der Waals surface area (Å²) in [5, 5.41) is 12.4. The van der Waals surface area contributed by atoms with Crippen LogP contribution in [0, 0.1) is 6.92 Å². The van der Waals surface area contributed by atoms with E-state index in [9.17, 15) is 19.5 Å². The number of hydrogen-bond donors (Lipinski definition) is 2. The van der Waals surface area contributed by atoms with Crippen LogP contribution in [0.15, 0.2) is 46.4 Å². The summed E-state index contributed by atoms with van der Waals surface area (Å²) in [7, 11) is 1.38. The third-order valence-corrected chi connectivity index (χ3v) is 4.44. The molecule has 1 aliphatic heterocycles. The maximum Gasteiger partial charge on any atom is 0.335 e. The lowest BCUT2D eigenvalue weighted by atomic mass is 10.1. The van der Waals surface area contributed by atoms with E-state index in [2.05, 4.69) is 21.2 Å². The van der Waals surface area contributed by atoms with Gasteiger partial charge in [0.1, 0.15) is 5.57 Å². The van der Waals surface area contributed by atoms with Crippen LogP contribution in [0.1, 0.15) is 11.1 Å². The Hall–Kier alpha value is -3.13. The molecule has 0 spiro atoms. The Morgan fingerprint density at radius 3 is 2.44 bits per heavy atom. The van der Waals surface area contributed by atoms with Crippen molar-refractivity contribution in [2.45, 2.75) is 6.92 Å². The molecule has 3 rings (SSSR count). The number of anilines is 1. The number of ether oxygens (including phenoxy) is 1. The number of imide groups is 2. The highest BCUT2D eigenvalue weighted by atomic mass is 79.9. The summed E-state index contributed by atoms with van der Waals surface area (Å²) in [5.41, 5.74) is 1.20. The number of nitrogens with one attached hydrogen (secondary N) is 1. The molecule has 0 radical (unpaired) electrons. The Balaban J connectivity index is 2.07. The van der Waals surface area contributed by atoms with Crippen molar-refractivity contribution in [3.05, 3.63) is 57.6 Å². The van der Waals surface area contributed by atoms with Crippen molar-refractivity contribution >= 4 is 45.5 Å². The number of nitrogens with zero attached hydrogens (tertiary/aromatic N) is 1. The Bertz CT molecular complexity index is 982. The maximum atomic E-state index is 12.8. The van der Waals surface area contributed by atoms with Gasteiger partial charge in [0.25, 0.3) is 11.8 Å². The number of rotatable bonds is 3. The molecular weight excluding hydrogens is 416 g/mol. The first kappa shape index (κ1) is 18.7. The molecule has 27 heavy (non-hydrogen) atoms. The van der Waals surface area contributed by atoms with Crippen molar-refractivity contribution in [1.82, 2.24) is 5.32 Å². The normalized spacial score (nSPS) is 15.9. The van der Waals surface area contributed by atoms with Crippen molar-refractivity contribution < 1.29 is 24.2 Å². The predicted molar refractivity (Wildman–Crippen MR) is 103 cm³/mol. The standard InChI is InChI=1S/C19H15BrN2O5/c1-10-3-5-13(6-4-10)22-18(25)14(17(24)21-19(22)26)8-11-7-12(20)9-15(27-2)16(11)23/h3-9,23H,1-2H3,(H,21,24,26)/b14-8+. The fourth-order valence-electron chi connectivity index (χ4n) is 2.60. The summed E-state index contributed by atoms with van der Waals surface area (Å²) < 4.78 is 5.65. The second-order valence-electron chi connectivity index (χ2n) is 5.84. The van der Waals surface area contributed by atoms with Gasteiger partial charge in [0.2, 0.25) is 0 Å². The second-order valence-corrected chi connectivity index (χ2v) is 6.75. The van der Waals surface area contributed by atoms with E-state index >= 15 is 0 Å². The van der Waals surface area contributed by atoms with Crippen molar-refractivity contribution in [2.75, 3.05) is 12.0 Å². The van der Waals surface area contributed by atoms with Crippen LogP contribution >= 0.6 is 15.9 Å². The molecule has 1 heterocycles. The number of methoxy groups -OCH3 is 1. The number of halogens is 1. The first-order chi connectivity index (χ1) is 12.8. The fourth-order valence-corrected chi connectivity index (χ4v) is 3.06. The molecule has 7 nitrogen and oxygen atoms in total. The zero-order chi connectivity index (χ0) is 19.7. The molecule has 8 heteroatoms. The lowest BCUT2D eigenvalue weighted by Gasteiger charge is -2.26. The van der Waals surface area contributed by atoms with Crippen molar-refractivity contribution in [2.24, 2.45) is 0 Å². The van der Waals surface area contributed by atoms with E-state index in [1.54, 1.807) is 30.3 Å². The van der Waals surface area contributed by atoms with Crippen LogP contribution in [0.4, 0.5) is 10.5 Å². The first-order valence-electron chi connectivity index (χ1n) is 7.86. The van der Waals surface area contributed by atoms with Crippen LogP contribution in [-0.2, 0) is 9.59 Å². The summed E-state index contributed by atoms with van der Waals surface area (Å²) in [4.78, 5) is 38.1. The molecule has 1 aliphatic rings. The molecule has 0 bridgehead atoms. The molecule has 4 amide bonds.